The third kappa shape index (κ3) is 3.27. The van der Waals surface area contributed by atoms with Gasteiger partial charge in [-0.25, -0.2) is 0 Å². The molecule has 1 aliphatic heterocycles. The van der Waals surface area contributed by atoms with E-state index >= 15 is 0 Å². The molecule has 8 rings (SSSR count). The van der Waals surface area contributed by atoms with Crippen LogP contribution in [0.1, 0.15) is 25.0 Å². The smallest absolute Gasteiger partial charge is 0.138 e. The van der Waals surface area contributed by atoms with Crippen molar-refractivity contribution in [3.8, 4) is 11.1 Å². The van der Waals surface area contributed by atoms with Gasteiger partial charge in [0.15, 0.2) is 0 Å². The second kappa shape index (κ2) is 8.81. The summed E-state index contributed by atoms with van der Waals surface area (Å²) < 4.78 is 5.24. The molecule has 0 bridgehead atoms. The topological polar surface area (TPSA) is 6.48 Å². The van der Waals surface area contributed by atoms with Crippen LogP contribution in [-0.2, 0) is 5.41 Å². The maximum atomic E-state index is 2.64. The van der Waals surface area contributed by atoms with Crippen LogP contribution in [0.5, 0.6) is 0 Å². The van der Waals surface area contributed by atoms with E-state index in [0.29, 0.717) is 0 Å². The molecule has 0 saturated carbocycles. The molecule has 0 N–H and O–H groups in total. The lowest BCUT2D eigenvalue weighted by Gasteiger charge is -2.34. The fourth-order valence-corrected chi connectivity index (χ4v) is 9.25. The lowest BCUT2D eigenvalue weighted by atomic mass is 9.82. The minimum Gasteiger partial charge on any atom is -0.296 e. The molecule has 6 aromatic carbocycles. The molecule has 1 aliphatic carbocycles. The van der Waals surface area contributed by atoms with Crippen LogP contribution in [0, 0.1) is 0 Å². The van der Waals surface area contributed by atoms with E-state index in [1.165, 1.54) is 61.1 Å². The fourth-order valence-electron chi connectivity index (χ4n) is 6.68. The van der Waals surface area contributed by atoms with Gasteiger partial charge >= 0.3 is 0 Å². The van der Waals surface area contributed by atoms with Gasteiger partial charge in [0.25, 0.3) is 0 Å². The van der Waals surface area contributed by atoms with Crippen LogP contribution in [0.4, 0.5) is 22.7 Å². The van der Waals surface area contributed by atoms with E-state index in [-0.39, 0.29) is 5.41 Å². The van der Waals surface area contributed by atoms with Crippen molar-refractivity contribution in [2.45, 2.75) is 19.3 Å². The molecule has 192 valence electrons. The van der Waals surface area contributed by atoms with Crippen LogP contribution in [0.25, 0.3) is 21.9 Å². The van der Waals surface area contributed by atoms with E-state index in [0.717, 1.165) is 0 Å². The molecule has 0 spiro atoms. The Morgan fingerprint density at radius 3 is 1.85 bits per heavy atom. The second-order valence-electron chi connectivity index (χ2n) is 11.1. The lowest BCUT2D eigenvalue weighted by Crippen LogP contribution is -2.22. The van der Waals surface area contributed by atoms with Crippen molar-refractivity contribution in [1.82, 2.24) is 0 Å². The van der Waals surface area contributed by atoms with E-state index in [9.17, 15) is 0 Å². The van der Waals surface area contributed by atoms with Gasteiger partial charge in [0, 0.05) is 21.7 Å². The highest BCUT2D eigenvalue weighted by Crippen LogP contribution is 2.67. The minimum absolute atomic E-state index is 0.0496. The van der Waals surface area contributed by atoms with Crippen LogP contribution < -0.4 is 14.6 Å². The molecule has 1 unspecified atom stereocenters. The first-order chi connectivity index (χ1) is 19.6. The highest BCUT2D eigenvalue weighted by Gasteiger charge is 2.44. The Bertz CT molecular complexity index is 1900. The molecule has 3 heteroatoms. The summed E-state index contributed by atoms with van der Waals surface area (Å²) in [5.74, 6) is 0. The summed E-state index contributed by atoms with van der Waals surface area (Å²) >= 11 is 0. The molecule has 0 fully saturated rings. The van der Waals surface area contributed by atoms with Crippen LogP contribution in [0.15, 0.2) is 140 Å². The molecule has 6 aromatic rings. The Labute approximate surface area is 237 Å². The van der Waals surface area contributed by atoms with Gasteiger partial charge in [0.05, 0.1) is 22.7 Å². The number of anilines is 4. The van der Waals surface area contributed by atoms with Crippen molar-refractivity contribution in [2.24, 2.45) is 0 Å². The lowest BCUT2D eigenvalue weighted by molar-refractivity contribution is 0.660. The first-order valence-electron chi connectivity index (χ1n) is 13.9. The summed E-state index contributed by atoms with van der Waals surface area (Å²) in [4.78, 5) is 0. The molecule has 0 saturated heterocycles. The third-order valence-electron chi connectivity index (χ3n) is 8.51. The number of benzene rings is 6. The SMILES string of the molecule is CC1(C)c2ccccc2-c2c(N3c4ccccc4N(c4cccc5ccccc45)P3c3ccccc3)cccc21. The number of fused-ring (bicyclic) bond motifs is 5. The molecular formula is C37H29N2P. The maximum absolute atomic E-state index is 2.64. The minimum atomic E-state index is -0.980. The van der Waals surface area contributed by atoms with E-state index in [1.807, 2.05) is 0 Å². The highest BCUT2D eigenvalue weighted by molar-refractivity contribution is 7.70. The molecule has 40 heavy (non-hydrogen) atoms. The van der Waals surface area contributed by atoms with E-state index in [4.69, 9.17) is 0 Å². The zero-order chi connectivity index (χ0) is 26.8. The van der Waals surface area contributed by atoms with Crippen molar-refractivity contribution in [3.63, 3.8) is 0 Å². The first kappa shape index (κ1) is 23.5. The Hall–Kier alpha value is -4.39. The van der Waals surface area contributed by atoms with Crippen molar-refractivity contribution in [1.29, 1.82) is 0 Å². The molecule has 2 nitrogen and oxygen atoms in total. The van der Waals surface area contributed by atoms with E-state index < -0.39 is 8.22 Å². The van der Waals surface area contributed by atoms with Crippen molar-refractivity contribution in [2.75, 3.05) is 9.34 Å². The second-order valence-corrected chi connectivity index (χ2v) is 13.0. The zero-order valence-corrected chi connectivity index (χ0v) is 23.5. The van der Waals surface area contributed by atoms with Gasteiger partial charge in [-0.05, 0) is 46.3 Å². The predicted molar refractivity (Wildman–Crippen MR) is 172 cm³/mol. The molecule has 0 aromatic heterocycles. The Kier molecular flexibility index (Phi) is 5.18. The molecule has 1 atom stereocenters. The zero-order valence-electron chi connectivity index (χ0n) is 22.6. The molecular weight excluding hydrogens is 503 g/mol. The molecule has 0 radical (unpaired) electrons. The van der Waals surface area contributed by atoms with Gasteiger partial charge in [0.1, 0.15) is 8.22 Å². The number of nitrogens with zero attached hydrogens (tertiary/aromatic N) is 2. The first-order valence-corrected chi connectivity index (χ1v) is 15.1. The summed E-state index contributed by atoms with van der Waals surface area (Å²) in [7, 11) is -0.980. The Balaban J connectivity index is 1.44. The van der Waals surface area contributed by atoms with Crippen LogP contribution >= 0.6 is 8.22 Å². The summed E-state index contributed by atoms with van der Waals surface area (Å²) in [5.41, 5.74) is 10.5. The Morgan fingerprint density at radius 2 is 1.02 bits per heavy atom. The van der Waals surface area contributed by atoms with Crippen molar-refractivity contribution < 1.29 is 0 Å². The van der Waals surface area contributed by atoms with E-state index in [2.05, 4.69) is 163 Å². The summed E-state index contributed by atoms with van der Waals surface area (Å²) in [6.07, 6.45) is 0. The number of para-hydroxylation sites is 2. The van der Waals surface area contributed by atoms with Crippen LogP contribution in [-0.4, -0.2) is 0 Å². The predicted octanol–water partition coefficient (Wildman–Crippen LogP) is 10.1. The highest BCUT2D eigenvalue weighted by atomic mass is 31.1. The molecule has 1 heterocycles. The average Bonchev–Trinajstić information content (AvgIpc) is 3.47. The number of rotatable bonds is 3. The van der Waals surface area contributed by atoms with E-state index in [1.54, 1.807) is 0 Å². The summed E-state index contributed by atoms with van der Waals surface area (Å²) in [6, 6.07) is 51.3. The third-order valence-corrected chi connectivity index (χ3v) is 10.9. The van der Waals surface area contributed by atoms with Gasteiger partial charge in [-0.1, -0.05) is 129 Å². The van der Waals surface area contributed by atoms with Crippen LogP contribution in [0.3, 0.4) is 0 Å². The largest absolute Gasteiger partial charge is 0.296 e. The number of hydrogen-bond donors (Lipinski definition) is 0. The number of hydrogen-bond acceptors (Lipinski definition) is 2. The summed E-state index contributed by atoms with van der Waals surface area (Å²) in [6.45, 7) is 4.73. The van der Waals surface area contributed by atoms with Crippen molar-refractivity contribution in [3.05, 3.63) is 151 Å². The van der Waals surface area contributed by atoms with Gasteiger partial charge in [-0.2, -0.15) is 0 Å². The van der Waals surface area contributed by atoms with Crippen molar-refractivity contribution >= 4 is 47.0 Å². The molecule has 0 amide bonds. The average molecular weight is 533 g/mol. The maximum Gasteiger partial charge on any atom is 0.138 e. The van der Waals surface area contributed by atoms with Gasteiger partial charge < -0.3 is 0 Å². The normalized spacial score (nSPS) is 16.6. The van der Waals surface area contributed by atoms with Gasteiger partial charge in [-0.3, -0.25) is 9.34 Å². The van der Waals surface area contributed by atoms with Gasteiger partial charge in [-0.15, -0.1) is 0 Å². The fraction of sp³-hybridized carbons (Fsp3) is 0.0811. The van der Waals surface area contributed by atoms with Gasteiger partial charge in [0.2, 0.25) is 0 Å². The standard InChI is InChI=1S/C37H29N2P/c1-37(2)30-20-9-8-19-29(30)36-31(37)21-13-25-35(36)39-34-23-11-10-22-33(34)38(40(39)27-16-4-3-5-17-27)32-24-12-15-26-14-6-7-18-28(26)32/h3-25H,1-2H3. The monoisotopic (exact) mass is 532 g/mol. The van der Waals surface area contributed by atoms with Crippen LogP contribution in [0.2, 0.25) is 0 Å². The quantitative estimate of drug-likeness (QED) is 0.209. The molecule has 2 aliphatic rings. The Morgan fingerprint density at radius 1 is 0.475 bits per heavy atom. The summed E-state index contributed by atoms with van der Waals surface area (Å²) in [5, 5.41) is 3.86.